The summed E-state index contributed by atoms with van der Waals surface area (Å²) in [4.78, 5) is 10.5. The smallest absolute Gasteiger partial charge is 0.244 e. The van der Waals surface area contributed by atoms with Gasteiger partial charge in [-0.3, -0.25) is 10.0 Å². The first kappa shape index (κ1) is 7.50. The molecule has 10 heavy (non-hydrogen) atoms. The monoisotopic (exact) mass is 144 g/mol. The van der Waals surface area contributed by atoms with Crippen LogP contribution in [0.15, 0.2) is 0 Å². The van der Waals surface area contributed by atoms with E-state index in [0.29, 0.717) is 5.92 Å². The first-order valence-electron chi connectivity index (χ1n) is 3.42. The van der Waals surface area contributed by atoms with Gasteiger partial charge in [0.15, 0.2) is 0 Å². The van der Waals surface area contributed by atoms with Crippen LogP contribution < -0.4 is 11.2 Å². The molecule has 0 heterocycles. The van der Waals surface area contributed by atoms with Crippen molar-refractivity contribution >= 4 is 5.91 Å². The Hall–Kier alpha value is -0.610. The predicted molar refractivity (Wildman–Crippen MR) is 35.2 cm³/mol. The van der Waals surface area contributed by atoms with Crippen molar-refractivity contribution in [2.24, 2.45) is 11.7 Å². The highest BCUT2D eigenvalue weighted by Crippen LogP contribution is 2.32. The van der Waals surface area contributed by atoms with Crippen LogP contribution in [0.3, 0.4) is 0 Å². The maximum absolute atomic E-state index is 10.5. The SMILES string of the molecule is NC(CC(=O)NO)C1CC1. The van der Waals surface area contributed by atoms with Crippen molar-refractivity contribution < 1.29 is 10.0 Å². The van der Waals surface area contributed by atoms with E-state index in [9.17, 15) is 4.79 Å². The van der Waals surface area contributed by atoms with Gasteiger partial charge in [0.05, 0.1) is 0 Å². The van der Waals surface area contributed by atoms with Crippen LogP contribution in [0.1, 0.15) is 19.3 Å². The van der Waals surface area contributed by atoms with Gasteiger partial charge >= 0.3 is 0 Å². The topological polar surface area (TPSA) is 75.4 Å². The molecule has 58 valence electrons. The Balaban J connectivity index is 2.16. The van der Waals surface area contributed by atoms with Crippen molar-refractivity contribution in [3.05, 3.63) is 0 Å². The molecule has 1 unspecified atom stereocenters. The second kappa shape index (κ2) is 2.98. The molecular formula is C6H12N2O2. The molecule has 0 aromatic carbocycles. The number of nitrogens with two attached hydrogens (primary N) is 1. The number of hydroxylamine groups is 1. The number of hydrogen-bond donors (Lipinski definition) is 3. The van der Waals surface area contributed by atoms with Crippen LogP contribution >= 0.6 is 0 Å². The molecule has 0 radical (unpaired) electrons. The Labute approximate surface area is 59.4 Å². The Morgan fingerprint density at radius 1 is 1.80 bits per heavy atom. The fraction of sp³-hybridized carbons (Fsp3) is 0.833. The van der Waals surface area contributed by atoms with Crippen LogP contribution in [0.5, 0.6) is 0 Å². The van der Waals surface area contributed by atoms with Gasteiger partial charge in [-0.2, -0.15) is 0 Å². The van der Waals surface area contributed by atoms with Crippen LogP contribution in [0.4, 0.5) is 0 Å². The van der Waals surface area contributed by atoms with Gasteiger partial charge in [-0.05, 0) is 18.8 Å². The highest BCUT2D eigenvalue weighted by atomic mass is 16.5. The summed E-state index contributed by atoms with van der Waals surface area (Å²) >= 11 is 0. The highest BCUT2D eigenvalue weighted by Gasteiger charge is 2.29. The van der Waals surface area contributed by atoms with E-state index in [1.807, 2.05) is 0 Å². The third-order valence-electron chi connectivity index (χ3n) is 1.77. The molecule has 1 atom stereocenters. The summed E-state index contributed by atoms with van der Waals surface area (Å²) < 4.78 is 0. The zero-order valence-electron chi connectivity index (χ0n) is 5.71. The molecule has 0 aromatic heterocycles. The standard InChI is InChI=1S/C6H12N2O2/c7-5(4-1-2-4)3-6(9)8-10/h4-5,10H,1-3,7H2,(H,8,9). The average Bonchev–Trinajstić information content (AvgIpc) is 2.68. The van der Waals surface area contributed by atoms with Crippen LogP contribution in [0.2, 0.25) is 0 Å². The number of rotatable bonds is 3. The molecule has 1 amide bonds. The second-order valence-corrected chi connectivity index (χ2v) is 2.74. The van der Waals surface area contributed by atoms with E-state index in [1.54, 1.807) is 5.48 Å². The van der Waals surface area contributed by atoms with Crippen molar-refractivity contribution in [1.29, 1.82) is 0 Å². The Morgan fingerprint density at radius 3 is 2.80 bits per heavy atom. The van der Waals surface area contributed by atoms with Crippen molar-refractivity contribution in [3.63, 3.8) is 0 Å². The molecule has 4 heteroatoms. The first-order valence-corrected chi connectivity index (χ1v) is 3.42. The molecule has 1 saturated carbocycles. The van der Waals surface area contributed by atoms with Crippen molar-refractivity contribution in [3.8, 4) is 0 Å². The summed E-state index contributed by atoms with van der Waals surface area (Å²) in [6.45, 7) is 0. The summed E-state index contributed by atoms with van der Waals surface area (Å²) in [6.07, 6.45) is 2.49. The average molecular weight is 144 g/mol. The van der Waals surface area contributed by atoms with Crippen LogP contribution in [0, 0.1) is 5.92 Å². The third kappa shape index (κ3) is 1.97. The second-order valence-electron chi connectivity index (χ2n) is 2.74. The van der Waals surface area contributed by atoms with Crippen molar-refractivity contribution in [2.45, 2.75) is 25.3 Å². The van der Waals surface area contributed by atoms with E-state index < -0.39 is 0 Å². The number of carbonyl (C=O) groups is 1. The lowest BCUT2D eigenvalue weighted by Crippen LogP contribution is -2.31. The van der Waals surface area contributed by atoms with Gasteiger partial charge in [-0.25, -0.2) is 5.48 Å². The largest absolute Gasteiger partial charge is 0.327 e. The molecule has 4 nitrogen and oxygen atoms in total. The van der Waals surface area contributed by atoms with Gasteiger partial charge in [0.25, 0.3) is 0 Å². The van der Waals surface area contributed by atoms with Gasteiger partial charge in [0.1, 0.15) is 0 Å². The Kier molecular flexibility index (Phi) is 2.24. The van der Waals surface area contributed by atoms with Gasteiger partial charge in [0.2, 0.25) is 5.91 Å². The van der Waals surface area contributed by atoms with E-state index in [1.165, 1.54) is 0 Å². The molecule has 0 bridgehead atoms. The fourth-order valence-corrected chi connectivity index (χ4v) is 0.951. The van der Waals surface area contributed by atoms with Gasteiger partial charge in [0, 0.05) is 12.5 Å². The molecule has 0 aliphatic heterocycles. The van der Waals surface area contributed by atoms with Gasteiger partial charge in [-0.15, -0.1) is 0 Å². The van der Waals surface area contributed by atoms with Crippen LogP contribution in [-0.2, 0) is 4.79 Å². The fourth-order valence-electron chi connectivity index (χ4n) is 0.951. The predicted octanol–water partition coefficient (Wildman–Crippen LogP) is -0.381. The molecule has 0 saturated heterocycles. The Morgan fingerprint density at radius 2 is 2.40 bits per heavy atom. The summed E-state index contributed by atoms with van der Waals surface area (Å²) in [6, 6.07) is -0.0628. The molecule has 0 aromatic rings. The summed E-state index contributed by atoms with van der Waals surface area (Å²) in [7, 11) is 0. The van der Waals surface area contributed by atoms with Gasteiger partial charge in [-0.1, -0.05) is 0 Å². The van der Waals surface area contributed by atoms with Crippen LogP contribution in [-0.4, -0.2) is 17.2 Å². The maximum atomic E-state index is 10.5. The molecule has 1 aliphatic rings. The minimum Gasteiger partial charge on any atom is -0.327 e. The van der Waals surface area contributed by atoms with Crippen LogP contribution in [0.25, 0.3) is 0 Å². The third-order valence-corrected chi connectivity index (χ3v) is 1.77. The minimum absolute atomic E-state index is 0.0628. The number of carbonyl (C=O) groups excluding carboxylic acids is 1. The quantitative estimate of drug-likeness (QED) is 0.373. The normalized spacial score (nSPS) is 20.2. The van der Waals surface area contributed by atoms with E-state index in [4.69, 9.17) is 10.9 Å². The first-order chi connectivity index (χ1) is 4.74. The van der Waals surface area contributed by atoms with Crippen molar-refractivity contribution in [2.75, 3.05) is 0 Å². The van der Waals surface area contributed by atoms with E-state index >= 15 is 0 Å². The summed E-state index contributed by atoms with van der Waals surface area (Å²) in [5, 5.41) is 8.13. The Bertz CT molecular complexity index is 134. The zero-order valence-corrected chi connectivity index (χ0v) is 5.71. The molecule has 4 N–H and O–H groups in total. The number of hydrogen-bond acceptors (Lipinski definition) is 3. The van der Waals surface area contributed by atoms with Gasteiger partial charge < -0.3 is 5.73 Å². The lowest BCUT2D eigenvalue weighted by molar-refractivity contribution is -0.129. The van der Waals surface area contributed by atoms with E-state index in [2.05, 4.69) is 0 Å². The van der Waals surface area contributed by atoms with E-state index in [0.717, 1.165) is 12.8 Å². The number of nitrogens with one attached hydrogen (secondary N) is 1. The molecule has 0 spiro atoms. The molecule has 1 fully saturated rings. The minimum atomic E-state index is -0.389. The summed E-state index contributed by atoms with van der Waals surface area (Å²) in [5.74, 6) is 0.122. The summed E-state index contributed by atoms with van der Waals surface area (Å²) in [5.41, 5.74) is 7.14. The molecule has 1 aliphatic carbocycles. The lowest BCUT2D eigenvalue weighted by atomic mass is 10.1. The number of amides is 1. The lowest BCUT2D eigenvalue weighted by Gasteiger charge is -2.06. The maximum Gasteiger partial charge on any atom is 0.244 e. The van der Waals surface area contributed by atoms with Crippen molar-refractivity contribution in [1.82, 2.24) is 5.48 Å². The molecular weight excluding hydrogens is 132 g/mol. The molecule has 1 rings (SSSR count). The van der Waals surface area contributed by atoms with E-state index in [-0.39, 0.29) is 18.4 Å². The zero-order chi connectivity index (χ0) is 7.56. The highest BCUT2D eigenvalue weighted by molar-refractivity contribution is 5.75.